The zero-order valence-electron chi connectivity index (χ0n) is 17.0. The van der Waals surface area contributed by atoms with E-state index in [9.17, 15) is 9.59 Å². The van der Waals surface area contributed by atoms with Crippen molar-refractivity contribution in [3.8, 4) is 5.75 Å². The third-order valence-electron chi connectivity index (χ3n) is 5.15. The summed E-state index contributed by atoms with van der Waals surface area (Å²) in [5.74, 6) is 0.649. The molecule has 1 aromatic carbocycles. The lowest BCUT2D eigenvalue weighted by atomic mass is 10.0. The molecule has 2 aromatic rings. The molecule has 2 heterocycles. The van der Waals surface area contributed by atoms with E-state index in [2.05, 4.69) is 15.2 Å². The lowest BCUT2D eigenvalue weighted by Gasteiger charge is -2.35. The Hall–Kier alpha value is -2.93. The molecule has 1 saturated heterocycles. The van der Waals surface area contributed by atoms with Crippen LogP contribution in [0.25, 0.3) is 0 Å². The number of nitrogens with zero attached hydrogens (tertiary/aromatic N) is 3. The van der Waals surface area contributed by atoms with Crippen molar-refractivity contribution in [2.24, 2.45) is 0 Å². The van der Waals surface area contributed by atoms with Crippen molar-refractivity contribution >= 4 is 11.8 Å². The van der Waals surface area contributed by atoms with Crippen molar-refractivity contribution in [2.45, 2.75) is 25.9 Å². The number of carbonyl (C=O) groups is 2. The first-order valence-corrected chi connectivity index (χ1v) is 9.85. The van der Waals surface area contributed by atoms with Crippen molar-refractivity contribution in [2.75, 3.05) is 33.3 Å². The summed E-state index contributed by atoms with van der Waals surface area (Å²) in [6.07, 6.45) is 3.85. The maximum atomic E-state index is 12.9. The minimum absolute atomic E-state index is 0.0585. The van der Waals surface area contributed by atoms with Gasteiger partial charge in [-0.25, -0.2) is 0 Å². The third kappa shape index (κ3) is 6.02. The van der Waals surface area contributed by atoms with Gasteiger partial charge in [-0.1, -0.05) is 12.1 Å². The van der Waals surface area contributed by atoms with E-state index in [0.29, 0.717) is 13.1 Å². The lowest BCUT2D eigenvalue weighted by molar-refractivity contribution is -0.133. The van der Waals surface area contributed by atoms with Gasteiger partial charge in [0.25, 0.3) is 0 Å². The van der Waals surface area contributed by atoms with Gasteiger partial charge in [-0.2, -0.15) is 0 Å². The predicted molar refractivity (Wildman–Crippen MR) is 110 cm³/mol. The van der Waals surface area contributed by atoms with Crippen LogP contribution < -0.4 is 10.1 Å². The van der Waals surface area contributed by atoms with Crippen LogP contribution in [0, 0.1) is 0 Å². The van der Waals surface area contributed by atoms with E-state index < -0.39 is 0 Å². The Morgan fingerprint density at radius 1 is 1.07 bits per heavy atom. The second-order valence-corrected chi connectivity index (χ2v) is 7.24. The quantitative estimate of drug-likeness (QED) is 0.775. The van der Waals surface area contributed by atoms with Crippen LogP contribution in [0.5, 0.6) is 5.75 Å². The molecule has 1 aliphatic heterocycles. The highest BCUT2D eigenvalue weighted by Gasteiger charge is 2.25. The number of methoxy groups -OCH3 is 1. The zero-order valence-corrected chi connectivity index (χ0v) is 17.0. The van der Waals surface area contributed by atoms with Gasteiger partial charge in [-0.05, 0) is 35.4 Å². The summed E-state index contributed by atoms with van der Waals surface area (Å²) >= 11 is 0. The monoisotopic (exact) mass is 396 g/mol. The maximum Gasteiger partial charge on any atom is 0.225 e. The van der Waals surface area contributed by atoms with Crippen LogP contribution >= 0.6 is 0 Å². The van der Waals surface area contributed by atoms with Crippen LogP contribution in [0.3, 0.4) is 0 Å². The van der Waals surface area contributed by atoms with E-state index in [0.717, 1.165) is 30.9 Å². The van der Waals surface area contributed by atoms with Crippen LogP contribution in [0.2, 0.25) is 0 Å². The molecule has 29 heavy (non-hydrogen) atoms. The topological polar surface area (TPSA) is 74.8 Å². The predicted octanol–water partition coefficient (Wildman–Crippen LogP) is 2.00. The minimum atomic E-state index is -0.347. The first-order valence-electron chi connectivity index (χ1n) is 9.85. The minimum Gasteiger partial charge on any atom is -0.497 e. The molecule has 154 valence electrons. The molecule has 7 heteroatoms. The molecule has 1 atom stereocenters. The molecule has 0 radical (unpaired) electrons. The van der Waals surface area contributed by atoms with Gasteiger partial charge in [0.15, 0.2) is 0 Å². The first kappa shape index (κ1) is 20.8. The number of amides is 2. The Balaban J connectivity index is 1.56. The van der Waals surface area contributed by atoms with Crippen LogP contribution in [0.1, 0.15) is 30.5 Å². The van der Waals surface area contributed by atoms with Crippen molar-refractivity contribution in [3.05, 3.63) is 59.9 Å². The highest BCUT2D eigenvalue weighted by Crippen LogP contribution is 2.22. The van der Waals surface area contributed by atoms with Crippen LogP contribution in [-0.4, -0.2) is 59.9 Å². The van der Waals surface area contributed by atoms with Gasteiger partial charge in [-0.15, -0.1) is 0 Å². The van der Waals surface area contributed by atoms with E-state index in [1.54, 1.807) is 19.5 Å². The van der Waals surface area contributed by atoms with Crippen molar-refractivity contribution in [3.63, 3.8) is 0 Å². The molecule has 0 saturated carbocycles. The number of pyridine rings is 1. The van der Waals surface area contributed by atoms with Crippen molar-refractivity contribution < 1.29 is 14.3 Å². The van der Waals surface area contributed by atoms with E-state index in [1.165, 1.54) is 12.5 Å². The molecule has 2 amide bonds. The fourth-order valence-corrected chi connectivity index (χ4v) is 3.54. The smallest absolute Gasteiger partial charge is 0.225 e. The molecule has 1 unspecified atom stereocenters. The second-order valence-electron chi connectivity index (χ2n) is 7.24. The SMILES string of the molecule is COc1ccc(C(CC(=O)N2CCN(Cc3ccncc3)CC2)NC(C)=O)cc1. The van der Waals surface area contributed by atoms with Crippen molar-refractivity contribution in [1.29, 1.82) is 0 Å². The largest absolute Gasteiger partial charge is 0.497 e. The molecule has 1 aromatic heterocycles. The molecule has 3 rings (SSSR count). The normalized spacial score (nSPS) is 15.6. The lowest BCUT2D eigenvalue weighted by Crippen LogP contribution is -2.49. The van der Waals surface area contributed by atoms with Crippen LogP contribution in [0.15, 0.2) is 48.8 Å². The zero-order chi connectivity index (χ0) is 20.6. The van der Waals surface area contributed by atoms with Gasteiger partial charge in [0.05, 0.1) is 19.6 Å². The van der Waals surface area contributed by atoms with Gasteiger partial charge in [0, 0.05) is 52.0 Å². The third-order valence-corrected chi connectivity index (χ3v) is 5.15. The van der Waals surface area contributed by atoms with Gasteiger partial charge < -0.3 is 15.0 Å². The van der Waals surface area contributed by atoms with Gasteiger partial charge in [0.2, 0.25) is 11.8 Å². The standard InChI is InChI=1S/C22H28N4O3/c1-17(27)24-21(19-3-5-20(29-2)6-4-19)15-22(28)26-13-11-25(12-14-26)16-18-7-9-23-10-8-18/h3-10,21H,11-16H2,1-2H3,(H,24,27). The number of ether oxygens (including phenoxy) is 1. The number of nitrogens with one attached hydrogen (secondary N) is 1. The Morgan fingerprint density at radius 2 is 1.72 bits per heavy atom. The number of carbonyl (C=O) groups excluding carboxylic acids is 2. The molecule has 0 spiro atoms. The molecule has 0 aliphatic carbocycles. The van der Waals surface area contributed by atoms with Crippen molar-refractivity contribution in [1.82, 2.24) is 20.1 Å². The second kappa shape index (κ2) is 10.0. The van der Waals surface area contributed by atoms with Crippen LogP contribution in [0.4, 0.5) is 0 Å². The number of piperazine rings is 1. The summed E-state index contributed by atoms with van der Waals surface area (Å²) in [5, 5.41) is 2.90. The molecule has 1 fully saturated rings. The number of rotatable bonds is 7. The summed E-state index contributed by atoms with van der Waals surface area (Å²) in [6, 6.07) is 11.1. The summed E-state index contributed by atoms with van der Waals surface area (Å²) < 4.78 is 5.19. The Bertz CT molecular complexity index is 803. The highest BCUT2D eigenvalue weighted by molar-refractivity contribution is 5.79. The van der Waals surface area contributed by atoms with E-state index in [1.807, 2.05) is 41.3 Å². The maximum absolute atomic E-state index is 12.9. The summed E-state index contributed by atoms with van der Waals surface area (Å²) in [5.41, 5.74) is 2.12. The number of hydrogen-bond donors (Lipinski definition) is 1. The van der Waals surface area contributed by atoms with E-state index in [4.69, 9.17) is 4.74 Å². The summed E-state index contributed by atoms with van der Waals surface area (Å²) in [6.45, 7) is 5.39. The molecular formula is C22H28N4O3. The molecule has 1 aliphatic rings. The van der Waals surface area contributed by atoms with Gasteiger partial charge >= 0.3 is 0 Å². The van der Waals surface area contributed by atoms with Crippen LogP contribution in [-0.2, 0) is 16.1 Å². The number of aromatic nitrogens is 1. The number of hydrogen-bond acceptors (Lipinski definition) is 5. The Kier molecular flexibility index (Phi) is 7.19. The number of benzene rings is 1. The van der Waals surface area contributed by atoms with Gasteiger partial charge in [-0.3, -0.25) is 19.5 Å². The van der Waals surface area contributed by atoms with E-state index >= 15 is 0 Å². The fraction of sp³-hybridized carbons (Fsp3) is 0.409. The summed E-state index contributed by atoms with van der Waals surface area (Å²) in [7, 11) is 1.61. The Labute approximate surface area is 171 Å². The fourth-order valence-electron chi connectivity index (χ4n) is 3.54. The highest BCUT2D eigenvalue weighted by atomic mass is 16.5. The molecule has 1 N–H and O–H groups in total. The average Bonchev–Trinajstić information content (AvgIpc) is 2.74. The van der Waals surface area contributed by atoms with E-state index in [-0.39, 0.29) is 24.3 Å². The summed E-state index contributed by atoms with van der Waals surface area (Å²) in [4.78, 5) is 32.8. The molecular weight excluding hydrogens is 368 g/mol. The molecule has 7 nitrogen and oxygen atoms in total. The average molecular weight is 396 g/mol. The molecule has 0 bridgehead atoms. The first-order chi connectivity index (χ1) is 14.0. The Morgan fingerprint density at radius 3 is 2.31 bits per heavy atom. The van der Waals surface area contributed by atoms with Gasteiger partial charge in [0.1, 0.15) is 5.75 Å².